The molecular weight excluding hydrogens is 368 g/mol. The fourth-order valence-corrected chi connectivity index (χ4v) is 3.00. The molecule has 5 N–H and O–H groups in total. The zero-order valence-electron chi connectivity index (χ0n) is 16.1. The van der Waals surface area contributed by atoms with Gasteiger partial charge in [-0.25, -0.2) is 4.98 Å². The predicted octanol–water partition coefficient (Wildman–Crippen LogP) is 3.35. The number of hydrogen-bond acceptors (Lipinski definition) is 5. The van der Waals surface area contributed by atoms with Crippen molar-refractivity contribution in [2.75, 3.05) is 17.7 Å². The van der Waals surface area contributed by atoms with Crippen molar-refractivity contribution in [1.29, 1.82) is 5.26 Å². The number of pyridine rings is 1. The van der Waals surface area contributed by atoms with Gasteiger partial charge in [0, 0.05) is 23.7 Å². The van der Waals surface area contributed by atoms with Crippen LogP contribution in [0.15, 0.2) is 48.5 Å². The van der Waals surface area contributed by atoms with Gasteiger partial charge in [-0.05, 0) is 55.0 Å². The number of nitrogen functional groups attached to an aromatic ring is 1. The average molecular weight is 389 g/mol. The standard InChI is InChI=1S/C22H20N4O3/c1-3-29-21-10-15(6-9-20(21)28)17-11-19(26-22(24)18(17)12-23)14-4-7-16(8-5-14)25-13(2)27/h4-11,28H,3H2,1-2H3,(H2,24,26)(H,25,27)/p+1. The molecule has 29 heavy (non-hydrogen) atoms. The first-order valence-electron chi connectivity index (χ1n) is 9.03. The SMILES string of the molecule is CCOc1cc(-c2cc(-c3ccc(NC(C)=O)cc3)[nH+]c(N)c2C#N)ccc1O. The maximum atomic E-state index is 11.2. The zero-order valence-corrected chi connectivity index (χ0v) is 16.1. The minimum absolute atomic E-state index is 0.0263. The minimum atomic E-state index is -0.147. The smallest absolute Gasteiger partial charge is 0.289 e. The molecule has 1 heterocycles. The molecule has 0 atom stereocenters. The highest BCUT2D eigenvalue weighted by Gasteiger charge is 2.18. The van der Waals surface area contributed by atoms with Crippen molar-refractivity contribution < 1.29 is 19.6 Å². The van der Waals surface area contributed by atoms with Crippen molar-refractivity contribution in [3.05, 3.63) is 54.1 Å². The zero-order chi connectivity index (χ0) is 21.0. The summed E-state index contributed by atoms with van der Waals surface area (Å²) in [7, 11) is 0. The molecule has 7 heteroatoms. The number of aromatic hydroxyl groups is 1. The first kappa shape index (κ1) is 19.7. The average Bonchev–Trinajstić information content (AvgIpc) is 2.69. The molecule has 0 saturated heterocycles. The van der Waals surface area contributed by atoms with E-state index >= 15 is 0 Å². The monoisotopic (exact) mass is 389 g/mol. The summed E-state index contributed by atoms with van der Waals surface area (Å²) in [6, 6.07) is 16.1. The Labute approximate surface area is 168 Å². The van der Waals surface area contributed by atoms with E-state index in [9.17, 15) is 15.2 Å². The molecule has 0 fully saturated rings. The number of H-pyrrole nitrogens is 1. The van der Waals surface area contributed by atoms with E-state index in [1.807, 2.05) is 25.1 Å². The molecule has 1 amide bonds. The fraction of sp³-hybridized carbons (Fsp3) is 0.136. The van der Waals surface area contributed by atoms with Gasteiger partial charge < -0.3 is 15.2 Å². The lowest BCUT2D eigenvalue weighted by Crippen LogP contribution is -2.16. The molecule has 0 aliphatic carbocycles. The fourth-order valence-electron chi connectivity index (χ4n) is 3.00. The predicted molar refractivity (Wildman–Crippen MR) is 110 cm³/mol. The van der Waals surface area contributed by atoms with Crippen LogP contribution in [-0.2, 0) is 4.79 Å². The number of phenols is 1. The number of phenolic OH excluding ortho intramolecular Hbond substituents is 1. The Hall–Kier alpha value is -4.05. The Kier molecular flexibility index (Phi) is 5.65. The first-order chi connectivity index (χ1) is 13.9. The van der Waals surface area contributed by atoms with E-state index in [1.54, 1.807) is 24.3 Å². The Bertz CT molecular complexity index is 1100. The van der Waals surface area contributed by atoms with Crippen molar-refractivity contribution in [2.24, 2.45) is 0 Å². The summed E-state index contributed by atoms with van der Waals surface area (Å²) in [5.41, 5.74) is 9.95. The summed E-state index contributed by atoms with van der Waals surface area (Å²) >= 11 is 0. The topological polar surface area (TPSA) is 123 Å². The molecule has 0 aliphatic rings. The summed E-state index contributed by atoms with van der Waals surface area (Å²) in [6.07, 6.45) is 0. The number of nitrogens with zero attached hydrogens (tertiary/aromatic N) is 1. The lowest BCUT2D eigenvalue weighted by atomic mass is 9.98. The van der Waals surface area contributed by atoms with Crippen LogP contribution in [0.4, 0.5) is 11.5 Å². The van der Waals surface area contributed by atoms with Gasteiger partial charge in [-0.1, -0.05) is 6.07 Å². The van der Waals surface area contributed by atoms with E-state index in [4.69, 9.17) is 10.5 Å². The van der Waals surface area contributed by atoms with Crippen LogP contribution in [0.25, 0.3) is 22.4 Å². The molecule has 146 valence electrons. The lowest BCUT2D eigenvalue weighted by Gasteiger charge is -2.11. The molecule has 3 aromatic rings. The number of carbonyl (C=O) groups excluding carboxylic acids is 1. The van der Waals surface area contributed by atoms with E-state index in [0.717, 1.165) is 5.56 Å². The van der Waals surface area contributed by atoms with E-state index < -0.39 is 0 Å². The number of ether oxygens (including phenoxy) is 1. The van der Waals surface area contributed by atoms with E-state index in [0.29, 0.717) is 40.4 Å². The van der Waals surface area contributed by atoms with Gasteiger partial charge in [-0.3, -0.25) is 10.5 Å². The Morgan fingerprint density at radius 2 is 1.90 bits per heavy atom. The normalized spacial score (nSPS) is 10.2. The number of aromatic nitrogens is 1. The van der Waals surface area contributed by atoms with Crippen LogP contribution in [0.5, 0.6) is 11.5 Å². The third kappa shape index (κ3) is 4.28. The number of nitrogens with two attached hydrogens (primary N) is 1. The molecule has 0 spiro atoms. The molecule has 0 radical (unpaired) electrons. The second-order valence-corrected chi connectivity index (χ2v) is 6.37. The van der Waals surface area contributed by atoms with Crippen LogP contribution in [0, 0.1) is 11.3 Å². The lowest BCUT2D eigenvalue weighted by molar-refractivity contribution is -0.346. The first-order valence-corrected chi connectivity index (χ1v) is 9.03. The molecule has 0 bridgehead atoms. The molecule has 1 aromatic heterocycles. The number of amides is 1. The van der Waals surface area contributed by atoms with Gasteiger partial charge in [-0.2, -0.15) is 5.26 Å². The van der Waals surface area contributed by atoms with Gasteiger partial charge in [0.2, 0.25) is 5.91 Å². The molecule has 0 aliphatic heterocycles. The van der Waals surface area contributed by atoms with E-state index in [2.05, 4.69) is 16.4 Å². The maximum Gasteiger partial charge on any atom is 0.289 e. The van der Waals surface area contributed by atoms with Crippen LogP contribution in [0.1, 0.15) is 19.4 Å². The molecule has 3 rings (SSSR count). The number of carbonyl (C=O) groups is 1. The third-order valence-electron chi connectivity index (χ3n) is 4.30. The van der Waals surface area contributed by atoms with Crippen LogP contribution >= 0.6 is 0 Å². The van der Waals surface area contributed by atoms with Gasteiger partial charge in [0.25, 0.3) is 5.82 Å². The Balaban J connectivity index is 2.09. The van der Waals surface area contributed by atoms with Crippen molar-refractivity contribution in [3.8, 4) is 40.0 Å². The van der Waals surface area contributed by atoms with Crippen molar-refractivity contribution in [3.63, 3.8) is 0 Å². The number of hydrogen-bond donors (Lipinski definition) is 3. The largest absolute Gasteiger partial charge is 0.504 e. The second-order valence-electron chi connectivity index (χ2n) is 6.37. The summed E-state index contributed by atoms with van der Waals surface area (Å²) in [5, 5.41) is 22.3. The molecular formula is C22H21N4O3+. The number of rotatable bonds is 5. The summed E-state index contributed by atoms with van der Waals surface area (Å²) < 4.78 is 5.46. The van der Waals surface area contributed by atoms with Crippen LogP contribution in [0.3, 0.4) is 0 Å². The number of anilines is 2. The van der Waals surface area contributed by atoms with Gasteiger partial charge in [0.1, 0.15) is 17.3 Å². The highest BCUT2D eigenvalue weighted by molar-refractivity contribution is 5.89. The highest BCUT2D eigenvalue weighted by Crippen LogP contribution is 2.35. The summed E-state index contributed by atoms with van der Waals surface area (Å²) in [5.74, 6) is 0.448. The Morgan fingerprint density at radius 3 is 2.52 bits per heavy atom. The van der Waals surface area contributed by atoms with Gasteiger partial charge in [0.05, 0.1) is 6.61 Å². The highest BCUT2D eigenvalue weighted by atomic mass is 16.5. The number of nitriles is 1. The molecule has 2 aromatic carbocycles. The molecule has 0 saturated carbocycles. The van der Waals surface area contributed by atoms with Crippen molar-refractivity contribution >= 4 is 17.4 Å². The second kappa shape index (κ2) is 8.31. The number of nitrogens with one attached hydrogen (secondary N) is 2. The van der Waals surface area contributed by atoms with Crippen LogP contribution in [-0.4, -0.2) is 17.6 Å². The summed E-state index contributed by atoms with van der Waals surface area (Å²) in [4.78, 5) is 14.2. The van der Waals surface area contributed by atoms with Gasteiger partial charge in [-0.15, -0.1) is 0 Å². The van der Waals surface area contributed by atoms with Crippen LogP contribution < -0.4 is 20.8 Å². The molecule has 0 unspecified atom stereocenters. The van der Waals surface area contributed by atoms with Gasteiger partial charge in [0.15, 0.2) is 11.5 Å². The quantitative estimate of drug-likeness (QED) is 0.617. The third-order valence-corrected chi connectivity index (χ3v) is 4.30. The van der Waals surface area contributed by atoms with Crippen molar-refractivity contribution in [2.45, 2.75) is 13.8 Å². The minimum Gasteiger partial charge on any atom is -0.504 e. The molecule has 7 nitrogen and oxygen atoms in total. The Morgan fingerprint density at radius 1 is 1.21 bits per heavy atom. The van der Waals surface area contributed by atoms with E-state index in [1.165, 1.54) is 13.0 Å². The van der Waals surface area contributed by atoms with Gasteiger partial charge >= 0.3 is 0 Å². The van der Waals surface area contributed by atoms with Crippen molar-refractivity contribution in [1.82, 2.24) is 0 Å². The number of aromatic amines is 1. The maximum absolute atomic E-state index is 11.2. The number of benzene rings is 2. The summed E-state index contributed by atoms with van der Waals surface area (Å²) in [6.45, 7) is 3.67. The van der Waals surface area contributed by atoms with Crippen LogP contribution in [0.2, 0.25) is 0 Å². The van der Waals surface area contributed by atoms with E-state index in [-0.39, 0.29) is 17.5 Å².